The van der Waals surface area contributed by atoms with Crippen LogP contribution in [-0.4, -0.2) is 47.8 Å². The summed E-state index contributed by atoms with van der Waals surface area (Å²) in [6.07, 6.45) is -0.389. The van der Waals surface area contributed by atoms with Gasteiger partial charge < -0.3 is 14.7 Å². The molecule has 4 nitrogen and oxygen atoms in total. The minimum atomic E-state index is -0.314. The van der Waals surface area contributed by atoms with Gasteiger partial charge in [0.05, 0.1) is 25.4 Å². The second kappa shape index (κ2) is 6.37. The topological polar surface area (TPSA) is 49.8 Å². The molecular formula is C15H17NO3. The molecular weight excluding hydrogens is 242 g/mol. The Morgan fingerprint density at radius 1 is 1.42 bits per heavy atom. The van der Waals surface area contributed by atoms with Crippen molar-refractivity contribution in [1.29, 1.82) is 0 Å². The van der Waals surface area contributed by atoms with Crippen LogP contribution in [0.25, 0.3) is 0 Å². The average molecular weight is 259 g/mol. The van der Waals surface area contributed by atoms with E-state index in [0.717, 1.165) is 5.56 Å². The van der Waals surface area contributed by atoms with Gasteiger partial charge in [-0.15, -0.1) is 0 Å². The maximum absolute atomic E-state index is 12.0. The van der Waals surface area contributed by atoms with Crippen LogP contribution in [0.4, 0.5) is 0 Å². The number of aliphatic hydroxyl groups excluding tert-OH is 1. The number of hydrogen-bond donors (Lipinski definition) is 1. The van der Waals surface area contributed by atoms with E-state index in [1.54, 1.807) is 4.90 Å². The quantitative estimate of drug-likeness (QED) is 0.753. The summed E-state index contributed by atoms with van der Waals surface area (Å²) in [4.78, 5) is 13.6. The highest BCUT2D eigenvalue weighted by Crippen LogP contribution is 2.10. The van der Waals surface area contributed by atoms with Crippen LogP contribution in [0.5, 0.6) is 0 Å². The zero-order valence-corrected chi connectivity index (χ0v) is 10.9. The van der Waals surface area contributed by atoms with Crippen LogP contribution < -0.4 is 0 Å². The maximum atomic E-state index is 12.0. The standard InChI is InChI=1S/C15H17NO3/c1-12-9-16(10-14(11-17)19-12)15(18)8-7-13-5-3-2-4-6-13/h2-6,12,14,17H,9-11H2,1H3. The first-order valence-corrected chi connectivity index (χ1v) is 6.31. The van der Waals surface area contributed by atoms with Crippen LogP contribution in [0.2, 0.25) is 0 Å². The van der Waals surface area contributed by atoms with Crippen molar-refractivity contribution in [3.05, 3.63) is 35.9 Å². The van der Waals surface area contributed by atoms with E-state index in [4.69, 9.17) is 9.84 Å². The van der Waals surface area contributed by atoms with Crippen LogP contribution in [0.3, 0.4) is 0 Å². The third-order valence-electron chi connectivity index (χ3n) is 2.90. The largest absolute Gasteiger partial charge is 0.394 e. The molecule has 4 heteroatoms. The number of benzene rings is 1. The maximum Gasteiger partial charge on any atom is 0.299 e. The summed E-state index contributed by atoms with van der Waals surface area (Å²) in [7, 11) is 0. The molecule has 2 unspecified atom stereocenters. The van der Waals surface area contributed by atoms with Gasteiger partial charge in [-0.1, -0.05) is 24.1 Å². The Morgan fingerprint density at radius 2 is 2.16 bits per heavy atom. The van der Waals surface area contributed by atoms with Gasteiger partial charge >= 0.3 is 0 Å². The molecule has 2 atom stereocenters. The lowest BCUT2D eigenvalue weighted by atomic mass is 10.2. The van der Waals surface area contributed by atoms with E-state index in [0.29, 0.717) is 13.1 Å². The number of carbonyl (C=O) groups is 1. The third kappa shape index (κ3) is 3.82. The highest BCUT2D eigenvalue weighted by Gasteiger charge is 2.27. The summed E-state index contributed by atoms with van der Waals surface area (Å²) in [6, 6.07) is 9.39. The van der Waals surface area contributed by atoms with Crippen molar-refractivity contribution < 1.29 is 14.6 Å². The Balaban J connectivity index is 2.02. The van der Waals surface area contributed by atoms with Crippen molar-refractivity contribution in [1.82, 2.24) is 4.90 Å². The van der Waals surface area contributed by atoms with E-state index in [1.165, 1.54) is 0 Å². The van der Waals surface area contributed by atoms with E-state index in [-0.39, 0.29) is 24.7 Å². The fourth-order valence-electron chi connectivity index (χ4n) is 2.04. The van der Waals surface area contributed by atoms with Crippen LogP contribution in [0.1, 0.15) is 12.5 Å². The molecule has 1 N–H and O–H groups in total. The van der Waals surface area contributed by atoms with E-state index in [1.807, 2.05) is 37.3 Å². The molecule has 0 spiro atoms. The predicted octanol–water partition coefficient (Wildman–Crippen LogP) is 0.646. The Hall–Kier alpha value is -1.83. The lowest BCUT2D eigenvalue weighted by Crippen LogP contribution is -2.50. The Bertz CT molecular complexity index is 489. The van der Waals surface area contributed by atoms with Crippen molar-refractivity contribution in [3.8, 4) is 11.8 Å². The van der Waals surface area contributed by atoms with E-state index >= 15 is 0 Å². The Kier molecular flexibility index (Phi) is 4.56. The van der Waals surface area contributed by atoms with Crippen LogP contribution >= 0.6 is 0 Å². The van der Waals surface area contributed by atoms with Gasteiger partial charge in [0.25, 0.3) is 5.91 Å². The van der Waals surface area contributed by atoms with Gasteiger partial charge in [0, 0.05) is 18.0 Å². The number of hydrogen-bond acceptors (Lipinski definition) is 3. The van der Waals surface area contributed by atoms with Crippen molar-refractivity contribution in [2.24, 2.45) is 0 Å². The van der Waals surface area contributed by atoms with Crippen LogP contribution in [-0.2, 0) is 9.53 Å². The van der Waals surface area contributed by atoms with Crippen LogP contribution in [0, 0.1) is 11.8 Å². The molecule has 1 amide bonds. The summed E-state index contributed by atoms with van der Waals surface area (Å²) < 4.78 is 5.49. The molecule has 1 aliphatic rings. The molecule has 0 bridgehead atoms. The Labute approximate surface area is 113 Å². The number of amides is 1. The minimum Gasteiger partial charge on any atom is -0.394 e. The first kappa shape index (κ1) is 13.6. The van der Waals surface area contributed by atoms with Crippen molar-refractivity contribution >= 4 is 5.91 Å². The van der Waals surface area contributed by atoms with Gasteiger partial charge in [-0.2, -0.15) is 0 Å². The molecule has 1 fully saturated rings. The zero-order chi connectivity index (χ0) is 13.7. The molecule has 19 heavy (non-hydrogen) atoms. The number of ether oxygens (including phenoxy) is 1. The number of carbonyl (C=O) groups excluding carboxylic acids is 1. The van der Waals surface area contributed by atoms with E-state index in [9.17, 15) is 4.79 Å². The predicted molar refractivity (Wildman–Crippen MR) is 71.3 cm³/mol. The molecule has 1 aromatic carbocycles. The molecule has 0 radical (unpaired) electrons. The van der Waals surface area contributed by atoms with Gasteiger partial charge in [-0.3, -0.25) is 4.79 Å². The lowest BCUT2D eigenvalue weighted by molar-refractivity contribution is -0.141. The monoisotopic (exact) mass is 259 g/mol. The van der Waals surface area contributed by atoms with Gasteiger partial charge in [-0.25, -0.2) is 0 Å². The SMILES string of the molecule is CC1CN(C(=O)C#Cc2ccccc2)CC(CO)O1. The zero-order valence-electron chi connectivity index (χ0n) is 10.9. The molecule has 0 aromatic heterocycles. The summed E-state index contributed by atoms with van der Waals surface area (Å²) in [5.74, 6) is 5.25. The summed E-state index contributed by atoms with van der Waals surface area (Å²) >= 11 is 0. The highest BCUT2D eigenvalue weighted by atomic mass is 16.5. The fourth-order valence-corrected chi connectivity index (χ4v) is 2.04. The number of nitrogens with zero attached hydrogens (tertiary/aromatic N) is 1. The molecule has 1 saturated heterocycles. The van der Waals surface area contributed by atoms with Crippen LogP contribution in [0.15, 0.2) is 30.3 Å². The molecule has 1 aromatic rings. The third-order valence-corrected chi connectivity index (χ3v) is 2.90. The van der Waals surface area contributed by atoms with E-state index < -0.39 is 0 Å². The first-order valence-electron chi connectivity index (χ1n) is 6.31. The second-order valence-corrected chi connectivity index (χ2v) is 4.58. The van der Waals surface area contributed by atoms with Gasteiger partial charge in [0.1, 0.15) is 0 Å². The molecule has 0 aliphatic carbocycles. The van der Waals surface area contributed by atoms with E-state index in [2.05, 4.69) is 11.8 Å². The molecule has 1 aliphatic heterocycles. The van der Waals surface area contributed by atoms with Crippen molar-refractivity contribution in [3.63, 3.8) is 0 Å². The molecule has 0 saturated carbocycles. The summed E-state index contributed by atoms with van der Waals surface area (Å²) in [5.41, 5.74) is 0.816. The molecule has 2 rings (SSSR count). The first-order chi connectivity index (χ1) is 9.19. The van der Waals surface area contributed by atoms with Gasteiger partial charge in [-0.05, 0) is 19.1 Å². The summed E-state index contributed by atoms with van der Waals surface area (Å²) in [6.45, 7) is 2.70. The Morgan fingerprint density at radius 3 is 2.84 bits per heavy atom. The normalized spacial score (nSPS) is 22.5. The fraction of sp³-hybridized carbons (Fsp3) is 0.400. The summed E-state index contributed by atoms with van der Waals surface area (Å²) in [5, 5.41) is 9.12. The smallest absolute Gasteiger partial charge is 0.299 e. The van der Waals surface area contributed by atoms with Crippen molar-refractivity contribution in [2.75, 3.05) is 19.7 Å². The highest BCUT2D eigenvalue weighted by molar-refractivity contribution is 5.94. The molecule has 1 heterocycles. The minimum absolute atomic E-state index is 0.0756. The average Bonchev–Trinajstić information content (AvgIpc) is 2.45. The number of aliphatic hydroxyl groups is 1. The van der Waals surface area contributed by atoms with Gasteiger partial charge in [0.15, 0.2) is 0 Å². The second-order valence-electron chi connectivity index (χ2n) is 4.58. The van der Waals surface area contributed by atoms with Crippen molar-refractivity contribution in [2.45, 2.75) is 19.1 Å². The van der Waals surface area contributed by atoms with Gasteiger partial charge in [0.2, 0.25) is 0 Å². The lowest BCUT2D eigenvalue weighted by Gasteiger charge is -2.34. The number of morpholine rings is 1. The molecule has 100 valence electrons. The number of rotatable bonds is 1.